The number of hydrogen-bond donors (Lipinski definition) is 1. The molecule has 0 aromatic heterocycles. The number of ether oxygens (including phenoxy) is 1. The third-order valence-corrected chi connectivity index (χ3v) is 7.15. The van der Waals surface area contributed by atoms with Gasteiger partial charge in [0.2, 0.25) is 5.91 Å². The van der Waals surface area contributed by atoms with Crippen molar-refractivity contribution in [3.8, 4) is 5.75 Å². The van der Waals surface area contributed by atoms with Gasteiger partial charge in [0, 0.05) is 24.0 Å². The van der Waals surface area contributed by atoms with Gasteiger partial charge in [-0.15, -0.1) is 0 Å². The van der Waals surface area contributed by atoms with Crippen LogP contribution in [0.25, 0.3) is 0 Å². The largest absolute Gasteiger partial charge is 0.484 e. The van der Waals surface area contributed by atoms with Crippen LogP contribution in [-0.4, -0.2) is 35.4 Å². The molecular formula is C30H32ClFN2O3. The first-order valence-corrected chi connectivity index (χ1v) is 13.0. The Morgan fingerprint density at radius 2 is 1.73 bits per heavy atom. The smallest absolute Gasteiger partial charge is 0.261 e. The number of nitrogens with zero attached hydrogens (tertiary/aromatic N) is 1. The zero-order valence-corrected chi connectivity index (χ0v) is 21.7. The number of carbonyl (C=O) groups excluding carboxylic acids is 2. The van der Waals surface area contributed by atoms with E-state index < -0.39 is 6.04 Å². The Kier molecular flexibility index (Phi) is 9.18. The molecule has 1 fully saturated rings. The number of aryl methyl sites for hydroxylation is 1. The summed E-state index contributed by atoms with van der Waals surface area (Å²) in [6.45, 7) is 1.77. The summed E-state index contributed by atoms with van der Waals surface area (Å²) < 4.78 is 19.4. The van der Waals surface area contributed by atoms with E-state index in [9.17, 15) is 14.0 Å². The zero-order chi connectivity index (χ0) is 26.2. The maximum Gasteiger partial charge on any atom is 0.261 e. The third kappa shape index (κ3) is 7.56. The van der Waals surface area contributed by atoms with Crippen LogP contribution in [0.4, 0.5) is 4.39 Å². The summed E-state index contributed by atoms with van der Waals surface area (Å²) >= 11 is 6.12. The Morgan fingerprint density at radius 3 is 2.41 bits per heavy atom. The van der Waals surface area contributed by atoms with Crippen LogP contribution in [0.1, 0.15) is 42.4 Å². The topological polar surface area (TPSA) is 58.6 Å². The highest BCUT2D eigenvalue weighted by Gasteiger charge is 2.32. The molecule has 0 spiro atoms. The van der Waals surface area contributed by atoms with Crippen LogP contribution < -0.4 is 10.1 Å². The van der Waals surface area contributed by atoms with Gasteiger partial charge in [0.05, 0.1) is 0 Å². The van der Waals surface area contributed by atoms with Crippen molar-refractivity contribution in [2.75, 3.05) is 6.61 Å². The molecule has 1 saturated carbocycles. The van der Waals surface area contributed by atoms with E-state index >= 15 is 0 Å². The molecule has 3 aromatic carbocycles. The molecule has 2 amide bonds. The van der Waals surface area contributed by atoms with E-state index in [1.54, 1.807) is 35.2 Å². The van der Waals surface area contributed by atoms with Crippen LogP contribution in [0.2, 0.25) is 5.02 Å². The molecule has 194 valence electrons. The molecule has 1 aliphatic carbocycles. The van der Waals surface area contributed by atoms with Gasteiger partial charge >= 0.3 is 0 Å². The molecule has 4 rings (SSSR count). The fraction of sp³-hybridized carbons (Fsp3) is 0.333. The average molecular weight is 523 g/mol. The lowest BCUT2D eigenvalue weighted by Gasteiger charge is -2.32. The maximum absolute atomic E-state index is 13.6. The van der Waals surface area contributed by atoms with Gasteiger partial charge in [-0.05, 0) is 66.8 Å². The minimum absolute atomic E-state index is 0.113. The Labute approximate surface area is 222 Å². The first-order valence-electron chi connectivity index (χ1n) is 12.7. The second kappa shape index (κ2) is 12.7. The predicted molar refractivity (Wildman–Crippen MR) is 143 cm³/mol. The van der Waals surface area contributed by atoms with Crippen molar-refractivity contribution in [1.29, 1.82) is 0 Å². The van der Waals surface area contributed by atoms with Gasteiger partial charge in [-0.3, -0.25) is 9.59 Å². The first-order chi connectivity index (χ1) is 17.9. The van der Waals surface area contributed by atoms with Crippen LogP contribution >= 0.6 is 11.6 Å². The van der Waals surface area contributed by atoms with Crippen LogP contribution in [0.15, 0.2) is 72.8 Å². The molecule has 7 heteroatoms. The van der Waals surface area contributed by atoms with E-state index in [2.05, 4.69) is 5.32 Å². The van der Waals surface area contributed by atoms with E-state index in [1.165, 1.54) is 12.1 Å². The van der Waals surface area contributed by atoms with E-state index in [-0.39, 0.29) is 36.8 Å². The highest BCUT2D eigenvalue weighted by molar-refractivity contribution is 6.31. The number of rotatable bonds is 10. The summed E-state index contributed by atoms with van der Waals surface area (Å²) in [6, 6.07) is 20.2. The van der Waals surface area contributed by atoms with Crippen LogP contribution in [0, 0.1) is 12.7 Å². The van der Waals surface area contributed by atoms with E-state index in [0.717, 1.165) is 42.4 Å². The number of carbonyl (C=O) groups is 2. The summed E-state index contributed by atoms with van der Waals surface area (Å²) in [6.07, 6.45) is 4.40. The van der Waals surface area contributed by atoms with E-state index in [4.69, 9.17) is 16.3 Å². The van der Waals surface area contributed by atoms with Gasteiger partial charge in [0.15, 0.2) is 6.61 Å². The molecule has 3 aromatic rings. The SMILES string of the molecule is Cc1cc(OCC(=O)N(Cc2ccc(F)cc2)[C@@H](Cc2ccccc2)C(=O)NC2CCCC2)ccc1Cl. The Morgan fingerprint density at radius 1 is 1.03 bits per heavy atom. The maximum atomic E-state index is 13.6. The molecule has 37 heavy (non-hydrogen) atoms. The van der Waals surface area contributed by atoms with E-state index in [0.29, 0.717) is 17.2 Å². The molecule has 5 nitrogen and oxygen atoms in total. The highest BCUT2D eigenvalue weighted by Crippen LogP contribution is 2.23. The molecule has 1 aliphatic rings. The van der Waals surface area contributed by atoms with E-state index in [1.807, 2.05) is 37.3 Å². The van der Waals surface area contributed by atoms with Crippen molar-refractivity contribution < 1.29 is 18.7 Å². The van der Waals surface area contributed by atoms with Crippen LogP contribution in [0.5, 0.6) is 5.75 Å². The Hall–Kier alpha value is -3.38. The normalized spacial score (nSPS) is 14.2. The molecule has 1 N–H and O–H groups in total. The first kappa shape index (κ1) is 26.7. The monoisotopic (exact) mass is 522 g/mol. The predicted octanol–water partition coefficient (Wildman–Crippen LogP) is 5.87. The molecule has 1 atom stereocenters. The number of halogens is 2. The summed E-state index contributed by atoms with van der Waals surface area (Å²) in [5.74, 6) is -0.358. The number of benzene rings is 3. The molecular weight excluding hydrogens is 491 g/mol. The van der Waals surface area contributed by atoms with Gasteiger partial charge in [-0.1, -0.05) is 66.9 Å². The van der Waals surface area contributed by atoms with Crippen LogP contribution in [-0.2, 0) is 22.6 Å². The van der Waals surface area contributed by atoms with Crippen molar-refractivity contribution in [1.82, 2.24) is 10.2 Å². The molecule has 0 unspecified atom stereocenters. The lowest BCUT2D eigenvalue weighted by molar-refractivity contribution is -0.143. The number of hydrogen-bond acceptors (Lipinski definition) is 3. The van der Waals surface area contributed by atoms with Crippen LogP contribution in [0.3, 0.4) is 0 Å². The summed E-state index contributed by atoms with van der Waals surface area (Å²) in [5, 5.41) is 3.78. The lowest BCUT2D eigenvalue weighted by atomic mass is 10.0. The lowest BCUT2D eigenvalue weighted by Crippen LogP contribution is -2.53. The van der Waals surface area contributed by atoms with Gasteiger partial charge in [0.1, 0.15) is 17.6 Å². The van der Waals surface area contributed by atoms with Gasteiger partial charge in [-0.25, -0.2) is 4.39 Å². The van der Waals surface area contributed by atoms with Crippen molar-refractivity contribution in [3.05, 3.63) is 100 Å². The molecule has 0 radical (unpaired) electrons. The quantitative estimate of drug-likeness (QED) is 0.362. The molecule has 0 saturated heterocycles. The van der Waals surface area contributed by atoms with Gasteiger partial charge in [0.25, 0.3) is 5.91 Å². The van der Waals surface area contributed by atoms with Crippen molar-refractivity contribution in [2.45, 2.75) is 57.7 Å². The molecule has 0 bridgehead atoms. The van der Waals surface area contributed by atoms with Crippen molar-refractivity contribution in [3.63, 3.8) is 0 Å². The Balaban J connectivity index is 1.60. The van der Waals surface area contributed by atoms with Crippen molar-refractivity contribution in [2.24, 2.45) is 0 Å². The molecule has 0 aliphatic heterocycles. The van der Waals surface area contributed by atoms with Gasteiger partial charge < -0.3 is 15.0 Å². The summed E-state index contributed by atoms with van der Waals surface area (Å²) in [4.78, 5) is 28.8. The minimum atomic E-state index is -0.754. The Bertz CT molecular complexity index is 1200. The second-order valence-electron chi connectivity index (χ2n) is 9.54. The number of amides is 2. The standard InChI is InChI=1S/C30H32ClFN2O3/c1-21-17-26(15-16-27(21)31)37-20-29(35)34(19-23-11-13-24(32)14-12-23)28(18-22-7-3-2-4-8-22)30(36)33-25-9-5-6-10-25/h2-4,7-8,11-17,25,28H,5-6,9-10,18-20H2,1H3,(H,33,36)/t28-/m0/s1. The summed E-state index contributed by atoms with van der Waals surface area (Å²) in [7, 11) is 0. The average Bonchev–Trinajstić information content (AvgIpc) is 3.41. The summed E-state index contributed by atoms with van der Waals surface area (Å²) in [5.41, 5.74) is 2.51. The van der Waals surface area contributed by atoms with Crippen molar-refractivity contribution >= 4 is 23.4 Å². The fourth-order valence-corrected chi connectivity index (χ4v) is 4.76. The van der Waals surface area contributed by atoms with Gasteiger partial charge in [-0.2, -0.15) is 0 Å². The fourth-order valence-electron chi connectivity index (χ4n) is 4.64. The molecule has 0 heterocycles. The third-order valence-electron chi connectivity index (χ3n) is 6.73. The zero-order valence-electron chi connectivity index (χ0n) is 21.0. The number of nitrogens with one attached hydrogen (secondary N) is 1. The minimum Gasteiger partial charge on any atom is -0.484 e. The highest BCUT2D eigenvalue weighted by atomic mass is 35.5. The second-order valence-corrected chi connectivity index (χ2v) is 9.95.